The molecule has 1 aromatic heterocycles. The molecule has 6 heteroatoms. The molecule has 0 aliphatic carbocycles. The zero-order valence-electron chi connectivity index (χ0n) is 6.31. The summed E-state index contributed by atoms with van der Waals surface area (Å²) >= 11 is 0. The number of ether oxygens (including phenoxy) is 1. The molecule has 0 aromatic carbocycles. The molecule has 0 saturated carbocycles. The first-order valence-corrected chi connectivity index (χ1v) is 3.04. The Balaban J connectivity index is 3.27. The van der Waals surface area contributed by atoms with E-state index in [1.54, 1.807) is 0 Å². The van der Waals surface area contributed by atoms with Crippen LogP contribution in [0.1, 0.15) is 10.5 Å². The van der Waals surface area contributed by atoms with Crippen molar-refractivity contribution in [3.05, 3.63) is 12.0 Å². The Morgan fingerprint density at radius 3 is 2.75 bits per heavy atom. The van der Waals surface area contributed by atoms with Gasteiger partial charge < -0.3 is 15.6 Å². The number of nitrogens with two attached hydrogens (primary N) is 1. The summed E-state index contributed by atoms with van der Waals surface area (Å²) in [5.74, 6) is -1.18. The number of hydrogen-bond donors (Lipinski definition) is 2. The molecule has 0 saturated heterocycles. The molecule has 0 atom stereocenters. The summed E-state index contributed by atoms with van der Waals surface area (Å²) < 4.78 is 4.71. The number of carbonyl (C=O) groups is 1. The van der Waals surface area contributed by atoms with E-state index in [0.29, 0.717) is 0 Å². The second-order valence-electron chi connectivity index (χ2n) is 1.95. The summed E-state index contributed by atoms with van der Waals surface area (Å²) in [5.41, 5.74) is 5.10. The van der Waals surface area contributed by atoms with Crippen LogP contribution in [0.25, 0.3) is 0 Å². The van der Waals surface area contributed by atoms with Gasteiger partial charge in [-0.1, -0.05) is 0 Å². The molecular formula is C6H7N3O3. The average Bonchev–Trinajstić information content (AvgIpc) is 2.03. The SMILES string of the molecule is COc1c(N)ncnc1C(=O)O. The van der Waals surface area contributed by atoms with Crippen LogP contribution < -0.4 is 10.5 Å². The fourth-order valence-corrected chi connectivity index (χ4v) is 0.741. The molecule has 1 rings (SSSR count). The number of nitrogens with zero attached hydrogens (tertiary/aromatic N) is 2. The molecule has 0 aliphatic heterocycles. The molecule has 0 spiro atoms. The molecule has 6 nitrogen and oxygen atoms in total. The third-order valence-corrected chi connectivity index (χ3v) is 1.24. The molecule has 0 bridgehead atoms. The highest BCUT2D eigenvalue weighted by Crippen LogP contribution is 2.20. The van der Waals surface area contributed by atoms with Gasteiger partial charge in [0.1, 0.15) is 6.33 Å². The minimum atomic E-state index is -1.19. The maximum absolute atomic E-state index is 10.5. The van der Waals surface area contributed by atoms with Crippen molar-refractivity contribution < 1.29 is 14.6 Å². The summed E-state index contributed by atoms with van der Waals surface area (Å²) in [6.45, 7) is 0. The molecule has 0 aliphatic rings. The van der Waals surface area contributed by atoms with Gasteiger partial charge in [-0.05, 0) is 0 Å². The van der Waals surface area contributed by atoms with Crippen LogP contribution in [0.15, 0.2) is 6.33 Å². The van der Waals surface area contributed by atoms with Crippen LogP contribution >= 0.6 is 0 Å². The van der Waals surface area contributed by atoms with Crippen molar-refractivity contribution in [2.45, 2.75) is 0 Å². The quantitative estimate of drug-likeness (QED) is 0.634. The normalized spacial score (nSPS) is 9.42. The molecule has 3 N–H and O–H groups in total. The van der Waals surface area contributed by atoms with Crippen molar-refractivity contribution >= 4 is 11.8 Å². The number of rotatable bonds is 2. The number of aromatic nitrogens is 2. The maximum Gasteiger partial charge on any atom is 0.358 e. The predicted octanol–water partition coefficient (Wildman–Crippen LogP) is -0.234. The highest BCUT2D eigenvalue weighted by atomic mass is 16.5. The Morgan fingerprint density at radius 2 is 2.33 bits per heavy atom. The van der Waals surface area contributed by atoms with Crippen LogP contribution in [0.3, 0.4) is 0 Å². The first-order valence-electron chi connectivity index (χ1n) is 3.04. The molecule has 0 fully saturated rings. The largest absolute Gasteiger partial charge is 0.491 e. The van der Waals surface area contributed by atoms with E-state index in [0.717, 1.165) is 6.33 Å². The van der Waals surface area contributed by atoms with Crippen LogP contribution in [0.4, 0.5) is 5.82 Å². The number of aromatic carboxylic acids is 1. The minimum Gasteiger partial charge on any atom is -0.491 e. The number of nitrogen functional groups attached to an aromatic ring is 1. The Morgan fingerprint density at radius 1 is 1.67 bits per heavy atom. The number of hydrogen-bond acceptors (Lipinski definition) is 5. The third kappa shape index (κ3) is 1.26. The van der Waals surface area contributed by atoms with E-state index < -0.39 is 5.97 Å². The van der Waals surface area contributed by atoms with Crippen molar-refractivity contribution in [2.75, 3.05) is 12.8 Å². The van der Waals surface area contributed by atoms with Gasteiger partial charge in [-0.25, -0.2) is 14.8 Å². The first-order chi connectivity index (χ1) is 5.66. The molecule has 12 heavy (non-hydrogen) atoms. The van der Waals surface area contributed by atoms with Gasteiger partial charge in [0.2, 0.25) is 0 Å². The van der Waals surface area contributed by atoms with Crippen LogP contribution in [-0.4, -0.2) is 28.2 Å². The predicted molar refractivity (Wildman–Crippen MR) is 40.0 cm³/mol. The zero-order chi connectivity index (χ0) is 9.14. The first kappa shape index (κ1) is 8.25. The second kappa shape index (κ2) is 3.04. The van der Waals surface area contributed by atoms with Gasteiger partial charge in [-0.3, -0.25) is 0 Å². The van der Waals surface area contributed by atoms with E-state index in [9.17, 15) is 4.79 Å². The number of carboxylic acid groups (broad SMARTS) is 1. The number of carboxylic acids is 1. The molecule has 1 aromatic rings. The van der Waals surface area contributed by atoms with Crippen LogP contribution in [0.5, 0.6) is 5.75 Å². The molecule has 1 heterocycles. The molecular weight excluding hydrogens is 162 g/mol. The fourth-order valence-electron chi connectivity index (χ4n) is 0.741. The summed E-state index contributed by atoms with van der Waals surface area (Å²) in [6, 6.07) is 0. The average molecular weight is 169 g/mol. The van der Waals surface area contributed by atoms with E-state index in [1.165, 1.54) is 7.11 Å². The van der Waals surface area contributed by atoms with Crippen molar-refractivity contribution in [1.29, 1.82) is 0 Å². The van der Waals surface area contributed by atoms with Gasteiger partial charge in [0.15, 0.2) is 17.3 Å². The van der Waals surface area contributed by atoms with Crippen molar-refractivity contribution in [3.63, 3.8) is 0 Å². The minimum absolute atomic E-state index is 0.00926. The summed E-state index contributed by atoms with van der Waals surface area (Å²) in [7, 11) is 1.31. The van der Waals surface area contributed by atoms with Crippen LogP contribution in [-0.2, 0) is 0 Å². The smallest absolute Gasteiger partial charge is 0.358 e. The molecule has 0 radical (unpaired) electrons. The highest BCUT2D eigenvalue weighted by molar-refractivity contribution is 5.90. The van der Waals surface area contributed by atoms with E-state index in [2.05, 4.69) is 9.97 Å². The molecule has 64 valence electrons. The lowest BCUT2D eigenvalue weighted by atomic mass is 10.3. The fraction of sp³-hybridized carbons (Fsp3) is 0.167. The Bertz CT molecular complexity index is 313. The number of methoxy groups -OCH3 is 1. The van der Waals surface area contributed by atoms with Gasteiger partial charge in [-0.2, -0.15) is 0 Å². The lowest BCUT2D eigenvalue weighted by molar-refractivity contribution is 0.0686. The zero-order valence-corrected chi connectivity index (χ0v) is 6.31. The van der Waals surface area contributed by atoms with E-state index in [-0.39, 0.29) is 17.3 Å². The lowest BCUT2D eigenvalue weighted by Gasteiger charge is -2.04. The van der Waals surface area contributed by atoms with Crippen molar-refractivity contribution in [1.82, 2.24) is 9.97 Å². The monoisotopic (exact) mass is 169 g/mol. The van der Waals surface area contributed by atoms with Crippen molar-refractivity contribution in [3.8, 4) is 5.75 Å². The molecule has 0 unspecified atom stereocenters. The van der Waals surface area contributed by atoms with Crippen LogP contribution in [0, 0.1) is 0 Å². The van der Waals surface area contributed by atoms with E-state index >= 15 is 0 Å². The van der Waals surface area contributed by atoms with E-state index in [1.807, 2.05) is 0 Å². The van der Waals surface area contributed by atoms with E-state index in [4.69, 9.17) is 15.6 Å². The third-order valence-electron chi connectivity index (χ3n) is 1.24. The molecule has 0 amide bonds. The van der Waals surface area contributed by atoms with Gasteiger partial charge in [0, 0.05) is 0 Å². The second-order valence-corrected chi connectivity index (χ2v) is 1.95. The van der Waals surface area contributed by atoms with Gasteiger partial charge in [-0.15, -0.1) is 0 Å². The number of anilines is 1. The summed E-state index contributed by atoms with van der Waals surface area (Å²) in [5, 5.41) is 8.60. The van der Waals surface area contributed by atoms with Crippen molar-refractivity contribution in [2.24, 2.45) is 0 Å². The summed E-state index contributed by atoms with van der Waals surface area (Å²) in [4.78, 5) is 17.6. The maximum atomic E-state index is 10.5. The highest BCUT2D eigenvalue weighted by Gasteiger charge is 2.15. The Labute approximate surface area is 68.0 Å². The Kier molecular flexibility index (Phi) is 2.09. The standard InChI is InChI=1S/C6H7N3O3/c1-12-4-3(6(10)11)8-2-9-5(4)7/h2H,1H3,(H,10,11)(H2,7,8,9). The Hall–Kier alpha value is -1.85. The van der Waals surface area contributed by atoms with Gasteiger partial charge >= 0.3 is 5.97 Å². The lowest BCUT2D eigenvalue weighted by Crippen LogP contribution is -2.07. The summed E-state index contributed by atoms with van der Waals surface area (Å²) in [6.07, 6.45) is 1.07. The van der Waals surface area contributed by atoms with Gasteiger partial charge in [0.05, 0.1) is 7.11 Å². The topological polar surface area (TPSA) is 98.3 Å². The van der Waals surface area contributed by atoms with Gasteiger partial charge in [0.25, 0.3) is 0 Å². The van der Waals surface area contributed by atoms with Crippen LogP contribution in [0.2, 0.25) is 0 Å².